The lowest BCUT2D eigenvalue weighted by Crippen LogP contribution is -1.76. The first-order valence-electron chi connectivity index (χ1n) is 3.51. The molecule has 2 nitrogen and oxygen atoms in total. The lowest BCUT2D eigenvalue weighted by molar-refractivity contribution is 0.628. The van der Waals surface area contributed by atoms with Gasteiger partial charge in [0, 0.05) is 5.56 Å². The van der Waals surface area contributed by atoms with Crippen molar-refractivity contribution in [2.24, 2.45) is 0 Å². The third-order valence-corrected chi connectivity index (χ3v) is 2.53. The quantitative estimate of drug-likeness (QED) is 0.729. The highest BCUT2D eigenvalue weighted by atomic mass is 35.5. The maximum Gasteiger partial charge on any atom is 0.234 e. The normalized spacial score (nSPS) is 10.3. The van der Waals surface area contributed by atoms with E-state index in [1.54, 1.807) is 12.1 Å². The lowest BCUT2D eigenvalue weighted by Gasteiger charge is -1.92. The Morgan fingerprint density at radius 3 is 2.46 bits per heavy atom. The Kier molecular flexibility index (Phi) is 2.24. The fourth-order valence-corrected chi connectivity index (χ4v) is 1.72. The molecule has 66 valence electrons. The Hall–Kier alpha value is -1.00. The summed E-state index contributed by atoms with van der Waals surface area (Å²) in [5.74, 6) is -0.264. The van der Waals surface area contributed by atoms with E-state index in [2.05, 4.69) is 9.36 Å². The molecular weight excluding hydrogens is 211 g/mol. The average Bonchev–Trinajstić information content (AvgIpc) is 2.53. The molecule has 0 radical (unpaired) electrons. The minimum Gasteiger partial charge on any atom is -0.207 e. The van der Waals surface area contributed by atoms with Gasteiger partial charge >= 0.3 is 0 Å². The van der Waals surface area contributed by atoms with Crippen molar-refractivity contribution in [3.8, 4) is 10.6 Å². The van der Waals surface area contributed by atoms with Crippen LogP contribution in [0.1, 0.15) is 0 Å². The fourth-order valence-electron chi connectivity index (χ4n) is 0.915. The lowest BCUT2D eigenvalue weighted by atomic mass is 10.2. The van der Waals surface area contributed by atoms with Crippen LogP contribution >= 0.6 is 23.1 Å². The number of rotatable bonds is 1. The topological polar surface area (TPSA) is 25.8 Å². The van der Waals surface area contributed by atoms with Crippen LogP contribution in [-0.2, 0) is 0 Å². The Morgan fingerprint density at radius 1 is 1.23 bits per heavy atom. The summed E-state index contributed by atoms with van der Waals surface area (Å²) in [7, 11) is 0. The Labute approximate surface area is 83.2 Å². The molecule has 0 saturated heterocycles. The Bertz CT molecular complexity index is 412. The van der Waals surface area contributed by atoms with Gasteiger partial charge in [0.2, 0.25) is 5.28 Å². The van der Waals surface area contributed by atoms with Gasteiger partial charge in [0.15, 0.2) is 0 Å². The van der Waals surface area contributed by atoms with E-state index in [0.29, 0.717) is 5.01 Å². The van der Waals surface area contributed by atoms with Gasteiger partial charge < -0.3 is 0 Å². The molecule has 2 aromatic rings. The number of hydrogen-bond acceptors (Lipinski definition) is 3. The number of halogens is 2. The van der Waals surface area contributed by atoms with Gasteiger partial charge in [0.25, 0.3) is 0 Å². The molecule has 0 atom stereocenters. The number of aromatic nitrogens is 2. The van der Waals surface area contributed by atoms with Gasteiger partial charge in [-0.1, -0.05) is 0 Å². The van der Waals surface area contributed by atoms with Crippen LogP contribution in [0.25, 0.3) is 10.6 Å². The summed E-state index contributed by atoms with van der Waals surface area (Å²) >= 11 is 6.75. The van der Waals surface area contributed by atoms with Crippen LogP contribution in [0.4, 0.5) is 4.39 Å². The molecule has 0 aliphatic heterocycles. The molecule has 1 aromatic carbocycles. The molecule has 0 unspecified atom stereocenters. The van der Waals surface area contributed by atoms with Crippen molar-refractivity contribution in [1.29, 1.82) is 0 Å². The molecule has 0 fully saturated rings. The first-order chi connectivity index (χ1) is 6.25. The largest absolute Gasteiger partial charge is 0.234 e. The molecule has 0 N–H and O–H groups in total. The van der Waals surface area contributed by atoms with Crippen molar-refractivity contribution in [2.75, 3.05) is 0 Å². The zero-order valence-electron chi connectivity index (χ0n) is 6.37. The minimum absolute atomic E-state index is 0.226. The monoisotopic (exact) mass is 214 g/mol. The molecule has 2 rings (SSSR count). The third-order valence-electron chi connectivity index (χ3n) is 1.49. The molecule has 1 heterocycles. The third kappa shape index (κ3) is 1.84. The van der Waals surface area contributed by atoms with Gasteiger partial charge in [-0.2, -0.15) is 4.37 Å². The van der Waals surface area contributed by atoms with Gasteiger partial charge in [-0.25, -0.2) is 9.37 Å². The number of benzene rings is 1. The van der Waals surface area contributed by atoms with Crippen LogP contribution in [0.3, 0.4) is 0 Å². The second-order valence-electron chi connectivity index (χ2n) is 2.38. The van der Waals surface area contributed by atoms with Crippen molar-refractivity contribution in [3.63, 3.8) is 0 Å². The Balaban J connectivity index is 2.41. The molecule has 5 heteroatoms. The minimum atomic E-state index is -0.264. The SMILES string of the molecule is Fc1ccc(-c2nc(Cl)ns2)cc1. The van der Waals surface area contributed by atoms with E-state index in [-0.39, 0.29) is 11.1 Å². The molecule has 0 saturated carbocycles. The van der Waals surface area contributed by atoms with Crippen LogP contribution in [0.2, 0.25) is 5.28 Å². The van der Waals surface area contributed by atoms with E-state index in [1.165, 1.54) is 23.7 Å². The van der Waals surface area contributed by atoms with Gasteiger partial charge in [0.1, 0.15) is 10.8 Å². The van der Waals surface area contributed by atoms with E-state index in [0.717, 1.165) is 5.56 Å². The molecule has 0 bridgehead atoms. The molecule has 0 spiro atoms. The second kappa shape index (κ2) is 3.40. The van der Waals surface area contributed by atoms with Crippen molar-refractivity contribution < 1.29 is 4.39 Å². The maximum absolute atomic E-state index is 12.5. The van der Waals surface area contributed by atoms with Crippen molar-refractivity contribution in [1.82, 2.24) is 9.36 Å². The average molecular weight is 215 g/mol. The first kappa shape index (κ1) is 8.59. The zero-order valence-corrected chi connectivity index (χ0v) is 7.94. The fraction of sp³-hybridized carbons (Fsp3) is 0. The maximum atomic E-state index is 12.5. The standard InChI is InChI=1S/C8H4ClFN2S/c9-8-11-7(13-12-8)5-1-3-6(10)4-2-5/h1-4H. The van der Waals surface area contributed by atoms with Crippen LogP contribution < -0.4 is 0 Å². The summed E-state index contributed by atoms with van der Waals surface area (Å²) in [6.45, 7) is 0. The van der Waals surface area contributed by atoms with Crippen molar-refractivity contribution in [2.45, 2.75) is 0 Å². The van der Waals surface area contributed by atoms with Crippen molar-refractivity contribution >= 4 is 23.1 Å². The van der Waals surface area contributed by atoms with Gasteiger partial charge in [-0.3, -0.25) is 0 Å². The predicted molar refractivity (Wildman–Crippen MR) is 50.3 cm³/mol. The zero-order chi connectivity index (χ0) is 9.26. The summed E-state index contributed by atoms with van der Waals surface area (Å²) in [6, 6.07) is 6.05. The highest BCUT2D eigenvalue weighted by Crippen LogP contribution is 2.22. The van der Waals surface area contributed by atoms with E-state index in [4.69, 9.17) is 11.6 Å². The summed E-state index contributed by atoms with van der Waals surface area (Å²) in [5, 5.41) is 0.925. The summed E-state index contributed by atoms with van der Waals surface area (Å²) < 4.78 is 16.4. The molecule has 1 aromatic heterocycles. The smallest absolute Gasteiger partial charge is 0.207 e. The molecule has 13 heavy (non-hydrogen) atoms. The highest BCUT2D eigenvalue weighted by molar-refractivity contribution is 7.09. The second-order valence-corrected chi connectivity index (χ2v) is 3.47. The van der Waals surface area contributed by atoms with E-state index < -0.39 is 0 Å². The van der Waals surface area contributed by atoms with Crippen LogP contribution in [0, 0.1) is 5.82 Å². The van der Waals surface area contributed by atoms with E-state index >= 15 is 0 Å². The summed E-state index contributed by atoms with van der Waals surface area (Å²) in [5.41, 5.74) is 0.825. The van der Waals surface area contributed by atoms with Crippen LogP contribution in [0.15, 0.2) is 24.3 Å². The van der Waals surface area contributed by atoms with E-state index in [9.17, 15) is 4.39 Å². The molecule has 0 aliphatic rings. The molecule has 0 aliphatic carbocycles. The van der Waals surface area contributed by atoms with Crippen LogP contribution in [0.5, 0.6) is 0 Å². The number of nitrogens with zero attached hydrogens (tertiary/aromatic N) is 2. The van der Waals surface area contributed by atoms with Gasteiger partial charge in [0.05, 0.1) is 0 Å². The van der Waals surface area contributed by atoms with Gasteiger partial charge in [-0.15, -0.1) is 0 Å². The molecule has 0 amide bonds. The summed E-state index contributed by atoms with van der Waals surface area (Å²) in [6.07, 6.45) is 0. The van der Waals surface area contributed by atoms with Gasteiger partial charge in [-0.05, 0) is 47.4 Å². The molecular formula is C8H4ClFN2S. The highest BCUT2D eigenvalue weighted by Gasteiger charge is 2.03. The van der Waals surface area contributed by atoms with E-state index in [1.807, 2.05) is 0 Å². The van der Waals surface area contributed by atoms with Crippen molar-refractivity contribution in [3.05, 3.63) is 35.4 Å². The first-order valence-corrected chi connectivity index (χ1v) is 4.66. The van der Waals surface area contributed by atoms with Crippen LogP contribution in [-0.4, -0.2) is 9.36 Å². The Morgan fingerprint density at radius 2 is 1.92 bits per heavy atom. The summed E-state index contributed by atoms with van der Waals surface area (Å²) in [4.78, 5) is 3.96. The number of hydrogen-bond donors (Lipinski definition) is 0. The predicted octanol–water partition coefficient (Wildman–Crippen LogP) is 3.00.